The Balaban J connectivity index is 1.81. The predicted molar refractivity (Wildman–Crippen MR) is 75.7 cm³/mol. The highest BCUT2D eigenvalue weighted by Crippen LogP contribution is 2.43. The van der Waals surface area contributed by atoms with Crippen molar-refractivity contribution in [1.82, 2.24) is 5.32 Å². The lowest BCUT2D eigenvalue weighted by molar-refractivity contribution is -0.0739. The van der Waals surface area contributed by atoms with Crippen molar-refractivity contribution in [1.29, 1.82) is 0 Å². The fourth-order valence-electron chi connectivity index (χ4n) is 3.45. The molecule has 2 aliphatic rings. The molecule has 2 heterocycles. The Morgan fingerprint density at radius 2 is 2.00 bits per heavy atom. The largest absolute Gasteiger partial charge is 0.496 e. The lowest BCUT2D eigenvalue weighted by atomic mass is 9.70. The number of rotatable bonds is 4. The number of hydrogen-bond acceptors (Lipinski definition) is 3. The molecule has 104 valence electrons. The second kappa shape index (κ2) is 5.51. The molecule has 0 amide bonds. The van der Waals surface area contributed by atoms with Crippen molar-refractivity contribution >= 4 is 0 Å². The second-order valence-corrected chi connectivity index (χ2v) is 5.87. The first-order chi connectivity index (χ1) is 9.34. The van der Waals surface area contributed by atoms with Gasteiger partial charge >= 0.3 is 0 Å². The number of piperidine rings is 1. The molecule has 0 unspecified atom stereocenters. The Kier molecular flexibility index (Phi) is 3.76. The molecule has 0 aliphatic carbocycles. The van der Waals surface area contributed by atoms with E-state index in [1.54, 1.807) is 7.11 Å². The third kappa shape index (κ3) is 2.49. The quantitative estimate of drug-likeness (QED) is 0.902. The number of hydrogen-bond donors (Lipinski definition) is 1. The van der Waals surface area contributed by atoms with Crippen LogP contribution in [0.5, 0.6) is 5.75 Å². The zero-order valence-corrected chi connectivity index (χ0v) is 11.7. The van der Waals surface area contributed by atoms with Gasteiger partial charge in [-0.3, -0.25) is 0 Å². The van der Waals surface area contributed by atoms with Crippen molar-refractivity contribution in [2.45, 2.75) is 24.7 Å². The van der Waals surface area contributed by atoms with Crippen molar-refractivity contribution in [3.05, 3.63) is 29.8 Å². The minimum absolute atomic E-state index is 0.189. The lowest BCUT2D eigenvalue weighted by Gasteiger charge is -2.45. The summed E-state index contributed by atoms with van der Waals surface area (Å²) in [5.41, 5.74) is 1.52. The SMILES string of the molecule is COc1ccccc1C1(CC2CCNCC2)COC1. The standard InChI is InChI=1S/C16H23NO2/c1-18-15-5-3-2-4-14(15)16(11-19-12-16)10-13-6-8-17-9-7-13/h2-5,13,17H,6-12H2,1H3. The molecule has 0 bridgehead atoms. The van der Waals surface area contributed by atoms with Gasteiger partial charge in [-0.1, -0.05) is 18.2 Å². The van der Waals surface area contributed by atoms with Gasteiger partial charge in [-0.25, -0.2) is 0 Å². The first-order valence-corrected chi connectivity index (χ1v) is 7.26. The summed E-state index contributed by atoms with van der Waals surface area (Å²) in [7, 11) is 1.76. The number of ether oxygens (including phenoxy) is 2. The van der Waals surface area contributed by atoms with Gasteiger partial charge in [-0.2, -0.15) is 0 Å². The van der Waals surface area contributed by atoms with E-state index in [2.05, 4.69) is 23.5 Å². The molecule has 2 fully saturated rings. The van der Waals surface area contributed by atoms with Crippen molar-refractivity contribution < 1.29 is 9.47 Å². The molecule has 1 N–H and O–H groups in total. The molecule has 0 saturated carbocycles. The van der Waals surface area contributed by atoms with Gasteiger partial charge in [0, 0.05) is 11.0 Å². The highest BCUT2D eigenvalue weighted by molar-refractivity contribution is 5.41. The van der Waals surface area contributed by atoms with Crippen LogP contribution in [-0.4, -0.2) is 33.4 Å². The second-order valence-electron chi connectivity index (χ2n) is 5.87. The van der Waals surface area contributed by atoms with E-state index in [4.69, 9.17) is 9.47 Å². The fourth-order valence-corrected chi connectivity index (χ4v) is 3.45. The van der Waals surface area contributed by atoms with Gasteiger partial charge in [0.05, 0.1) is 20.3 Å². The Morgan fingerprint density at radius 1 is 1.26 bits per heavy atom. The number of para-hydroxylation sites is 1. The van der Waals surface area contributed by atoms with Gasteiger partial charge < -0.3 is 14.8 Å². The molecule has 2 aliphatic heterocycles. The number of benzene rings is 1. The van der Waals surface area contributed by atoms with Gasteiger partial charge in [-0.15, -0.1) is 0 Å². The van der Waals surface area contributed by atoms with Crippen LogP contribution in [0.15, 0.2) is 24.3 Å². The van der Waals surface area contributed by atoms with Crippen LogP contribution in [-0.2, 0) is 10.2 Å². The molecule has 19 heavy (non-hydrogen) atoms. The maximum absolute atomic E-state index is 5.56. The van der Waals surface area contributed by atoms with Crippen molar-refractivity contribution in [2.75, 3.05) is 33.4 Å². The zero-order valence-electron chi connectivity index (χ0n) is 11.7. The third-order valence-corrected chi connectivity index (χ3v) is 4.57. The summed E-state index contributed by atoms with van der Waals surface area (Å²) in [6.07, 6.45) is 3.81. The summed E-state index contributed by atoms with van der Waals surface area (Å²) in [6.45, 7) is 4.01. The number of nitrogens with one attached hydrogen (secondary N) is 1. The molecule has 1 aromatic rings. The van der Waals surface area contributed by atoms with Crippen LogP contribution in [0.3, 0.4) is 0 Å². The van der Waals surface area contributed by atoms with Gasteiger partial charge in [0.15, 0.2) is 0 Å². The molecule has 0 radical (unpaired) electrons. The summed E-state index contributed by atoms with van der Waals surface area (Å²) in [5, 5.41) is 3.44. The van der Waals surface area contributed by atoms with Crippen molar-refractivity contribution in [3.63, 3.8) is 0 Å². The minimum Gasteiger partial charge on any atom is -0.496 e. The van der Waals surface area contributed by atoms with E-state index in [1.807, 2.05) is 6.07 Å². The van der Waals surface area contributed by atoms with Crippen molar-refractivity contribution in [3.8, 4) is 5.75 Å². The molecule has 1 aromatic carbocycles. The monoisotopic (exact) mass is 261 g/mol. The van der Waals surface area contributed by atoms with Crippen LogP contribution in [0.25, 0.3) is 0 Å². The first kappa shape index (κ1) is 12.9. The Bertz CT molecular complexity index is 423. The molecular formula is C16H23NO2. The Labute approximate surface area is 115 Å². The lowest BCUT2D eigenvalue weighted by Crippen LogP contribution is -2.49. The van der Waals surface area contributed by atoms with Crippen LogP contribution in [0.1, 0.15) is 24.8 Å². The maximum atomic E-state index is 5.56. The highest BCUT2D eigenvalue weighted by atomic mass is 16.5. The molecule has 2 saturated heterocycles. The van der Waals surface area contributed by atoms with Crippen LogP contribution >= 0.6 is 0 Å². The highest BCUT2D eigenvalue weighted by Gasteiger charge is 2.43. The summed E-state index contributed by atoms with van der Waals surface area (Å²) >= 11 is 0. The molecule has 0 spiro atoms. The molecule has 3 nitrogen and oxygen atoms in total. The Morgan fingerprint density at radius 3 is 2.63 bits per heavy atom. The van der Waals surface area contributed by atoms with Crippen molar-refractivity contribution in [2.24, 2.45) is 5.92 Å². The van der Waals surface area contributed by atoms with Gasteiger partial charge in [-0.05, 0) is 44.3 Å². The first-order valence-electron chi connectivity index (χ1n) is 7.26. The molecular weight excluding hydrogens is 238 g/mol. The van der Waals surface area contributed by atoms with Crippen LogP contribution in [0.2, 0.25) is 0 Å². The van der Waals surface area contributed by atoms with E-state index in [0.717, 1.165) is 38.0 Å². The fraction of sp³-hybridized carbons (Fsp3) is 0.625. The zero-order chi connectivity index (χ0) is 13.1. The van der Waals surface area contributed by atoms with E-state index < -0.39 is 0 Å². The van der Waals surface area contributed by atoms with Crippen LogP contribution in [0, 0.1) is 5.92 Å². The molecule has 3 heteroatoms. The van der Waals surface area contributed by atoms with E-state index in [0.29, 0.717) is 0 Å². The smallest absolute Gasteiger partial charge is 0.122 e. The predicted octanol–water partition coefficient (Wildman–Crippen LogP) is 2.35. The van der Waals surface area contributed by atoms with Gasteiger partial charge in [0.1, 0.15) is 5.75 Å². The van der Waals surface area contributed by atoms with E-state index >= 15 is 0 Å². The normalized spacial score (nSPS) is 22.8. The molecule has 0 aromatic heterocycles. The summed E-state index contributed by atoms with van der Waals surface area (Å²) < 4.78 is 11.1. The summed E-state index contributed by atoms with van der Waals surface area (Å²) in [6, 6.07) is 8.43. The molecule has 0 atom stereocenters. The molecule has 3 rings (SSSR count). The minimum atomic E-state index is 0.189. The summed E-state index contributed by atoms with van der Waals surface area (Å²) in [5.74, 6) is 1.83. The van der Waals surface area contributed by atoms with E-state index in [1.165, 1.54) is 24.8 Å². The Hall–Kier alpha value is -1.06. The van der Waals surface area contributed by atoms with Crippen LogP contribution in [0.4, 0.5) is 0 Å². The number of methoxy groups -OCH3 is 1. The van der Waals surface area contributed by atoms with E-state index in [-0.39, 0.29) is 5.41 Å². The summed E-state index contributed by atoms with van der Waals surface area (Å²) in [4.78, 5) is 0. The van der Waals surface area contributed by atoms with Crippen LogP contribution < -0.4 is 10.1 Å². The van der Waals surface area contributed by atoms with Gasteiger partial charge in [0.25, 0.3) is 0 Å². The average Bonchev–Trinajstić information content (AvgIpc) is 2.44. The third-order valence-electron chi connectivity index (χ3n) is 4.57. The average molecular weight is 261 g/mol. The topological polar surface area (TPSA) is 30.5 Å². The van der Waals surface area contributed by atoms with E-state index in [9.17, 15) is 0 Å². The van der Waals surface area contributed by atoms with Gasteiger partial charge in [0.2, 0.25) is 0 Å². The maximum Gasteiger partial charge on any atom is 0.122 e.